The normalized spacial score (nSPS) is 25.9. The zero-order valence-electron chi connectivity index (χ0n) is 11.4. The number of aliphatic hydroxyl groups is 1. The van der Waals surface area contributed by atoms with Gasteiger partial charge in [0.05, 0.1) is 0 Å². The highest BCUT2D eigenvalue weighted by molar-refractivity contribution is 4.98. The van der Waals surface area contributed by atoms with E-state index in [1.165, 1.54) is 0 Å². The van der Waals surface area contributed by atoms with E-state index in [0.717, 1.165) is 51.9 Å². The summed E-state index contributed by atoms with van der Waals surface area (Å²) in [7, 11) is 0. The van der Waals surface area contributed by atoms with Crippen LogP contribution in [0.4, 0.5) is 0 Å². The number of nitrogens with zero attached hydrogens (tertiary/aromatic N) is 1. The Labute approximate surface area is 106 Å². The van der Waals surface area contributed by atoms with Crippen LogP contribution in [-0.4, -0.2) is 54.4 Å². The van der Waals surface area contributed by atoms with Gasteiger partial charge in [-0.1, -0.05) is 0 Å². The first-order valence-electron chi connectivity index (χ1n) is 6.93. The molecule has 0 amide bonds. The molecule has 0 saturated carbocycles. The first kappa shape index (κ1) is 14.9. The van der Waals surface area contributed by atoms with Crippen molar-refractivity contribution in [1.29, 1.82) is 0 Å². The number of nitrogens with two attached hydrogens (primary N) is 1. The molecule has 17 heavy (non-hydrogen) atoms. The van der Waals surface area contributed by atoms with Gasteiger partial charge in [0.2, 0.25) is 0 Å². The van der Waals surface area contributed by atoms with Crippen LogP contribution in [0.5, 0.6) is 0 Å². The Morgan fingerprint density at radius 2 is 2.12 bits per heavy atom. The molecule has 1 rings (SSSR count). The average molecular weight is 243 g/mol. The van der Waals surface area contributed by atoms with Gasteiger partial charge in [-0.3, -0.25) is 4.90 Å². The van der Waals surface area contributed by atoms with Gasteiger partial charge in [-0.15, -0.1) is 0 Å². The third kappa shape index (κ3) is 4.54. The molecule has 0 aliphatic carbocycles. The maximum atomic E-state index is 8.72. The third-order valence-corrected chi connectivity index (χ3v) is 3.84. The van der Waals surface area contributed by atoms with Crippen LogP contribution in [-0.2, 0) is 0 Å². The number of aliphatic hydroxyl groups excluding tert-OH is 1. The van der Waals surface area contributed by atoms with E-state index < -0.39 is 0 Å². The Morgan fingerprint density at radius 1 is 1.35 bits per heavy atom. The van der Waals surface area contributed by atoms with E-state index in [1.54, 1.807) is 0 Å². The second kappa shape index (κ2) is 7.31. The second-order valence-electron chi connectivity index (χ2n) is 5.51. The Balaban J connectivity index is 2.28. The molecule has 102 valence electrons. The van der Waals surface area contributed by atoms with Gasteiger partial charge >= 0.3 is 0 Å². The molecule has 0 radical (unpaired) electrons. The molecule has 0 spiro atoms. The molecule has 1 fully saturated rings. The summed E-state index contributed by atoms with van der Waals surface area (Å²) >= 11 is 0. The standard InChI is InChI=1S/C13H29N3O/c1-12(2)16-8-6-13(10-14,11-16)15-7-4-3-5-9-17/h12,15,17H,3-11,14H2,1-2H3. The van der Waals surface area contributed by atoms with E-state index in [2.05, 4.69) is 24.1 Å². The lowest BCUT2D eigenvalue weighted by molar-refractivity contribution is 0.240. The number of unbranched alkanes of at least 4 members (excludes halogenated alkanes) is 2. The summed E-state index contributed by atoms with van der Waals surface area (Å²) in [6.07, 6.45) is 4.29. The van der Waals surface area contributed by atoms with Crippen LogP contribution in [0.15, 0.2) is 0 Å². The number of rotatable bonds is 8. The Bertz CT molecular complexity index is 211. The Morgan fingerprint density at radius 3 is 2.65 bits per heavy atom. The molecule has 0 aromatic rings. The maximum Gasteiger partial charge on any atom is 0.0444 e. The first-order valence-corrected chi connectivity index (χ1v) is 6.93. The second-order valence-corrected chi connectivity index (χ2v) is 5.51. The van der Waals surface area contributed by atoms with E-state index in [9.17, 15) is 0 Å². The minimum Gasteiger partial charge on any atom is -0.396 e. The van der Waals surface area contributed by atoms with Crippen LogP contribution in [0.3, 0.4) is 0 Å². The molecule has 0 aromatic carbocycles. The Hall–Kier alpha value is -0.160. The van der Waals surface area contributed by atoms with Crippen LogP contribution in [0.1, 0.15) is 39.5 Å². The van der Waals surface area contributed by atoms with Crippen molar-refractivity contribution in [2.45, 2.75) is 51.1 Å². The van der Waals surface area contributed by atoms with E-state index in [4.69, 9.17) is 10.8 Å². The van der Waals surface area contributed by atoms with Crippen molar-refractivity contribution < 1.29 is 5.11 Å². The minimum absolute atomic E-state index is 0.128. The fourth-order valence-electron chi connectivity index (χ4n) is 2.50. The van der Waals surface area contributed by atoms with Crippen LogP contribution >= 0.6 is 0 Å². The van der Waals surface area contributed by atoms with Crippen LogP contribution in [0.25, 0.3) is 0 Å². The van der Waals surface area contributed by atoms with E-state index in [1.807, 2.05) is 0 Å². The molecule has 4 nitrogen and oxygen atoms in total. The molecule has 0 bridgehead atoms. The summed E-state index contributed by atoms with van der Waals surface area (Å²) in [6.45, 7) is 8.75. The zero-order chi connectivity index (χ0) is 12.7. The predicted molar refractivity (Wildman–Crippen MR) is 72.1 cm³/mol. The van der Waals surface area contributed by atoms with Crippen LogP contribution < -0.4 is 11.1 Å². The lowest BCUT2D eigenvalue weighted by atomic mass is 9.98. The summed E-state index contributed by atoms with van der Waals surface area (Å²) in [6, 6.07) is 0.611. The van der Waals surface area contributed by atoms with Crippen LogP contribution in [0, 0.1) is 0 Å². The summed E-state index contributed by atoms with van der Waals surface area (Å²) in [5, 5.41) is 12.4. The number of nitrogens with one attached hydrogen (secondary N) is 1. The van der Waals surface area contributed by atoms with Gasteiger partial charge in [-0.2, -0.15) is 0 Å². The SMILES string of the molecule is CC(C)N1CCC(CN)(NCCCCCO)C1. The molecule has 4 N–H and O–H groups in total. The largest absolute Gasteiger partial charge is 0.396 e. The lowest BCUT2D eigenvalue weighted by Crippen LogP contribution is -2.53. The third-order valence-electron chi connectivity index (χ3n) is 3.84. The number of hydrogen-bond donors (Lipinski definition) is 3. The van der Waals surface area contributed by atoms with E-state index in [-0.39, 0.29) is 5.54 Å². The molecule has 0 aromatic heterocycles. The van der Waals surface area contributed by atoms with Crippen molar-refractivity contribution in [2.75, 3.05) is 32.8 Å². The molecule has 4 heteroatoms. The molecular formula is C13H29N3O. The average Bonchev–Trinajstić information content (AvgIpc) is 2.74. The summed E-state index contributed by atoms with van der Waals surface area (Å²) < 4.78 is 0. The molecule has 1 aliphatic rings. The van der Waals surface area contributed by atoms with E-state index >= 15 is 0 Å². The van der Waals surface area contributed by atoms with Gasteiger partial charge in [-0.05, 0) is 46.1 Å². The van der Waals surface area contributed by atoms with Gasteiger partial charge in [0, 0.05) is 37.8 Å². The van der Waals surface area contributed by atoms with Crippen molar-refractivity contribution >= 4 is 0 Å². The zero-order valence-corrected chi connectivity index (χ0v) is 11.4. The van der Waals surface area contributed by atoms with Crippen LogP contribution in [0.2, 0.25) is 0 Å². The monoisotopic (exact) mass is 243 g/mol. The number of likely N-dealkylation sites (tertiary alicyclic amines) is 1. The van der Waals surface area contributed by atoms with E-state index in [0.29, 0.717) is 12.6 Å². The quantitative estimate of drug-likeness (QED) is 0.545. The molecule has 1 saturated heterocycles. The lowest BCUT2D eigenvalue weighted by Gasteiger charge is -2.30. The highest BCUT2D eigenvalue weighted by Crippen LogP contribution is 2.22. The predicted octanol–water partition coefficient (Wildman–Crippen LogP) is 0.550. The maximum absolute atomic E-state index is 8.72. The summed E-state index contributed by atoms with van der Waals surface area (Å²) in [4.78, 5) is 2.49. The summed E-state index contributed by atoms with van der Waals surface area (Å²) in [5.74, 6) is 0. The highest BCUT2D eigenvalue weighted by Gasteiger charge is 2.36. The molecule has 1 unspecified atom stereocenters. The van der Waals surface area contributed by atoms with Crippen molar-refractivity contribution in [3.63, 3.8) is 0 Å². The van der Waals surface area contributed by atoms with Gasteiger partial charge in [0.15, 0.2) is 0 Å². The topological polar surface area (TPSA) is 61.5 Å². The van der Waals surface area contributed by atoms with Crippen molar-refractivity contribution in [1.82, 2.24) is 10.2 Å². The highest BCUT2D eigenvalue weighted by atomic mass is 16.2. The first-order chi connectivity index (χ1) is 8.13. The molecular weight excluding hydrogens is 214 g/mol. The number of hydrogen-bond acceptors (Lipinski definition) is 4. The van der Waals surface area contributed by atoms with Gasteiger partial charge < -0.3 is 16.2 Å². The Kier molecular flexibility index (Phi) is 6.41. The van der Waals surface area contributed by atoms with Crippen molar-refractivity contribution in [2.24, 2.45) is 5.73 Å². The fourth-order valence-corrected chi connectivity index (χ4v) is 2.50. The van der Waals surface area contributed by atoms with Crippen molar-refractivity contribution in [3.05, 3.63) is 0 Å². The summed E-state index contributed by atoms with van der Waals surface area (Å²) in [5.41, 5.74) is 6.07. The molecule has 1 aliphatic heterocycles. The van der Waals surface area contributed by atoms with Gasteiger partial charge in [-0.25, -0.2) is 0 Å². The smallest absolute Gasteiger partial charge is 0.0444 e. The van der Waals surface area contributed by atoms with Gasteiger partial charge in [0.25, 0.3) is 0 Å². The van der Waals surface area contributed by atoms with Crippen molar-refractivity contribution in [3.8, 4) is 0 Å². The van der Waals surface area contributed by atoms with Gasteiger partial charge in [0.1, 0.15) is 0 Å². The fraction of sp³-hybridized carbons (Fsp3) is 1.00. The minimum atomic E-state index is 0.128. The molecule has 1 heterocycles. The molecule has 1 atom stereocenters.